The van der Waals surface area contributed by atoms with Crippen molar-refractivity contribution >= 4 is 15.9 Å². The van der Waals surface area contributed by atoms with Crippen molar-refractivity contribution in [1.82, 2.24) is 0 Å². The van der Waals surface area contributed by atoms with Gasteiger partial charge in [-0.25, -0.2) is 0 Å². The Hall–Kier alpha value is -0.340. The zero-order valence-electron chi connectivity index (χ0n) is 6.73. The van der Waals surface area contributed by atoms with Gasteiger partial charge in [0, 0.05) is 11.6 Å². The summed E-state index contributed by atoms with van der Waals surface area (Å²) in [5, 5.41) is 0. The topological polar surface area (TPSA) is 9.23 Å². The molecule has 0 aromatic heterocycles. The summed E-state index contributed by atoms with van der Waals surface area (Å²) >= 11 is 3.41. The predicted molar refractivity (Wildman–Crippen MR) is 49.6 cm³/mol. The van der Waals surface area contributed by atoms with Crippen molar-refractivity contribution < 1.29 is 4.74 Å². The summed E-state index contributed by atoms with van der Waals surface area (Å²) in [4.78, 5) is 0. The molecule has 0 spiro atoms. The Balaban J connectivity index is 2.93. The summed E-state index contributed by atoms with van der Waals surface area (Å²) in [5.41, 5.74) is 2.51. The summed E-state index contributed by atoms with van der Waals surface area (Å²) in [7, 11) is 1.71. The number of ether oxygens (including phenoxy) is 1. The summed E-state index contributed by atoms with van der Waals surface area (Å²) in [6.45, 7) is 2.77. The van der Waals surface area contributed by atoms with Crippen LogP contribution in [-0.4, -0.2) is 7.11 Å². The van der Waals surface area contributed by atoms with Gasteiger partial charge in [-0.3, -0.25) is 0 Å². The Kier molecular flexibility index (Phi) is 3.09. The molecular weight excluding hydrogens is 204 g/mol. The SMILES string of the molecule is COCc1cc(Br)ccc1C. The van der Waals surface area contributed by atoms with Crippen molar-refractivity contribution in [2.45, 2.75) is 13.5 Å². The van der Waals surface area contributed by atoms with E-state index < -0.39 is 0 Å². The molecule has 0 saturated carbocycles. The van der Waals surface area contributed by atoms with E-state index in [1.165, 1.54) is 11.1 Å². The summed E-state index contributed by atoms with van der Waals surface area (Å²) < 4.78 is 6.15. The Bertz CT molecular complexity index is 245. The van der Waals surface area contributed by atoms with Gasteiger partial charge in [0.25, 0.3) is 0 Å². The zero-order valence-corrected chi connectivity index (χ0v) is 8.31. The van der Waals surface area contributed by atoms with Crippen LogP contribution in [0.3, 0.4) is 0 Å². The molecule has 60 valence electrons. The molecule has 0 atom stereocenters. The van der Waals surface area contributed by atoms with Crippen LogP contribution in [0, 0.1) is 6.92 Å². The van der Waals surface area contributed by atoms with E-state index in [1.807, 2.05) is 6.07 Å². The van der Waals surface area contributed by atoms with Gasteiger partial charge in [0.05, 0.1) is 6.61 Å². The van der Waals surface area contributed by atoms with Crippen LogP contribution in [0.4, 0.5) is 0 Å². The lowest BCUT2D eigenvalue weighted by atomic mass is 10.1. The monoisotopic (exact) mass is 214 g/mol. The normalized spacial score (nSPS) is 10.1. The first-order chi connectivity index (χ1) is 5.24. The van der Waals surface area contributed by atoms with Gasteiger partial charge in [-0.2, -0.15) is 0 Å². The maximum absolute atomic E-state index is 5.04. The minimum Gasteiger partial charge on any atom is -0.380 e. The van der Waals surface area contributed by atoms with E-state index in [0.717, 1.165) is 4.47 Å². The maximum atomic E-state index is 5.04. The highest BCUT2D eigenvalue weighted by atomic mass is 79.9. The first kappa shape index (κ1) is 8.75. The number of rotatable bonds is 2. The van der Waals surface area contributed by atoms with Crippen molar-refractivity contribution in [3.05, 3.63) is 33.8 Å². The Morgan fingerprint density at radius 3 is 2.82 bits per heavy atom. The van der Waals surface area contributed by atoms with Crippen molar-refractivity contribution in [3.8, 4) is 0 Å². The predicted octanol–water partition coefficient (Wildman–Crippen LogP) is 2.90. The van der Waals surface area contributed by atoms with Crippen LogP contribution in [0.2, 0.25) is 0 Å². The van der Waals surface area contributed by atoms with Gasteiger partial charge in [0.15, 0.2) is 0 Å². The first-order valence-electron chi connectivity index (χ1n) is 3.48. The van der Waals surface area contributed by atoms with Gasteiger partial charge in [0.1, 0.15) is 0 Å². The molecule has 1 nitrogen and oxygen atoms in total. The lowest BCUT2D eigenvalue weighted by molar-refractivity contribution is 0.184. The number of hydrogen-bond acceptors (Lipinski definition) is 1. The molecule has 0 aliphatic carbocycles. The maximum Gasteiger partial charge on any atom is 0.0716 e. The molecule has 0 heterocycles. The van der Waals surface area contributed by atoms with Crippen molar-refractivity contribution in [2.24, 2.45) is 0 Å². The molecule has 2 heteroatoms. The number of halogens is 1. The second-order valence-electron chi connectivity index (χ2n) is 2.50. The third kappa shape index (κ3) is 2.31. The van der Waals surface area contributed by atoms with Crippen LogP contribution in [-0.2, 0) is 11.3 Å². The minimum atomic E-state index is 0.686. The quantitative estimate of drug-likeness (QED) is 0.736. The standard InChI is InChI=1S/C9H11BrO/c1-7-3-4-9(10)5-8(7)6-11-2/h3-5H,6H2,1-2H3. The van der Waals surface area contributed by atoms with E-state index in [0.29, 0.717) is 6.61 Å². The average Bonchev–Trinajstić information content (AvgIpc) is 1.98. The molecule has 0 saturated heterocycles. The van der Waals surface area contributed by atoms with Crippen molar-refractivity contribution in [3.63, 3.8) is 0 Å². The summed E-state index contributed by atoms with van der Waals surface area (Å²) in [6.07, 6.45) is 0. The lowest BCUT2D eigenvalue weighted by Crippen LogP contribution is -1.90. The largest absolute Gasteiger partial charge is 0.380 e. The minimum absolute atomic E-state index is 0.686. The molecule has 1 aromatic carbocycles. The third-order valence-electron chi connectivity index (χ3n) is 1.61. The molecule has 0 radical (unpaired) electrons. The lowest BCUT2D eigenvalue weighted by Gasteiger charge is -2.03. The van der Waals surface area contributed by atoms with Crippen LogP contribution in [0.5, 0.6) is 0 Å². The number of hydrogen-bond donors (Lipinski definition) is 0. The van der Waals surface area contributed by atoms with Crippen LogP contribution in [0.25, 0.3) is 0 Å². The molecule has 0 amide bonds. The molecule has 0 bridgehead atoms. The van der Waals surface area contributed by atoms with Crippen molar-refractivity contribution in [2.75, 3.05) is 7.11 Å². The van der Waals surface area contributed by atoms with E-state index in [-0.39, 0.29) is 0 Å². The summed E-state index contributed by atoms with van der Waals surface area (Å²) in [6, 6.07) is 6.20. The fraction of sp³-hybridized carbons (Fsp3) is 0.333. The van der Waals surface area contributed by atoms with Gasteiger partial charge in [-0.05, 0) is 30.2 Å². The van der Waals surface area contributed by atoms with Gasteiger partial charge in [-0.1, -0.05) is 22.0 Å². The summed E-state index contributed by atoms with van der Waals surface area (Å²) in [5.74, 6) is 0. The van der Waals surface area contributed by atoms with E-state index in [4.69, 9.17) is 4.74 Å². The van der Waals surface area contributed by atoms with Gasteiger partial charge < -0.3 is 4.74 Å². The second-order valence-corrected chi connectivity index (χ2v) is 3.42. The molecular formula is C9H11BrO. The van der Waals surface area contributed by atoms with Crippen LogP contribution >= 0.6 is 15.9 Å². The average molecular weight is 215 g/mol. The van der Waals surface area contributed by atoms with Crippen molar-refractivity contribution in [1.29, 1.82) is 0 Å². The fourth-order valence-corrected chi connectivity index (χ4v) is 1.36. The van der Waals surface area contributed by atoms with Gasteiger partial charge in [0.2, 0.25) is 0 Å². The number of methoxy groups -OCH3 is 1. The van der Waals surface area contributed by atoms with E-state index in [9.17, 15) is 0 Å². The molecule has 0 aliphatic heterocycles. The highest BCUT2D eigenvalue weighted by molar-refractivity contribution is 9.10. The highest BCUT2D eigenvalue weighted by Crippen LogP contribution is 2.16. The van der Waals surface area contributed by atoms with E-state index in [2.05, 4.69) is 35.0 Å². The third-order valence-corrected chi connectivity index (χ3v) is 2.10. The van der Waals surface area contributed by atoms with Crippen LogP contribution in [0.15, 0.2) is 22.7 Å². The molecule has 1 rings (SSSR count). The molecule has 11 heavy (non-hydrogen) atoms. The molecule has 0 aliphatic rings. The number of benzene rings is 1. The smallest absolute Gasteiger partial charge is 0.0716 e. The molecule has 0 N–H and O–H groups in total. The Morgan fingerprint density at radius 1 is 1.45 bits per heavy atom. The van der Waals surface area contributed by atoms with E-state index in [1.54, 1.807) is 7.11 Å². The Labute approximate surface area is 75.5 Å². The zero-order chi connectivity index (χ0) is 8.27. The molecule has 0 fully saturated rings. The molecule has 0 unspecified atom stereocenters. The van der Waals surface area contributed by atoms with Crippen LogP contribution < -0.4 is 0 Å². The highest BCUT2D eigenvalue weighted by Gasteiger charge is 1.97. The van der Waals surface area contributed by atoms with Gasteiger partial charge >= 0.3 is 0 Å². The van der Waals surface area contributed by atoms with Crippen LogP contribution in [0.1, 0.15) is 11.1 Å². The second kappa shape index (κ2) is 3.88. The number of aryl methyl sites for hydroxylation is 1. The Morgan fingerprint density at radius 2 is 2.18 bits per heavy atom. The van der Waals surface area contributed by atoms with E-state index >= 15 is 0 Å². The first-order valence-corrected chi connectivity index (χ1v) is 4.27. The molecule has 1 aromatic rings. The van der Waals surface area contributed by atoms with Gasteiger partial charge in [-0.15, -0.1) is 0 Å². The fourth-order valence-electron chi connectivity index (χ4n) is 0.951.